The molecule has 0 heterocycles. The first-order valence-corrected chi connectivity index (χ1v) is 9.74. The van der Waals surface area contributed by atoms with Gasteiger partial charge in [0.25, 0.3) is 0 Å². The van der Waals surface area contributed by atoms with Gasteiger partial charge in [-0.1, -0.05) is 37.6 Å². The Morgan fingerprint density at radius 3 is 2.83 bits per heavy atom. The fraction of sp³-hybridized carbons (Fsp3) is 0.762. The van der Waals surface area contributed by atoms with E-state index < -0.39 is 5.60 Å². The molecule has 5 unspecified atom stereocenters. The number of aliphatic hydroxyl groups is 1. The van der Waals surface area contributed by atoms with Crippen LogP contribution in [0.15, 0.2) is 11.6 Å². The van der Waals surface area contributed by atoms with Gasteiger partial charge in [0.2, 0.25) is 0 Å². The van der Waals surface area contributed by atoms with Crippen LogP contribution in [0.4, 0.5) is 0 Å². The zero-order chi connectivity index (χ0) is 16.4. The topological polar surface area (TPSA) is 20.2 Å². The summed E-state index contributed by atoms with van der Waals surface area (Å²) in [5.74, 6) is 6.31. The van der Waals surface area contributed by atoms with Crippen LogP contribution in [0.25, 0.3) is 0 Å². The molecule has 3 fully saturated rings. The molecule has 0 aromatic carbocycles. The second-order valence-corrected chi connectivity index (χ2v) is 9.38. The van der Waals surface area contributed by atoms with Crippen LogP contribution in [0.3, 0.4) is 0 Å². The monoisotopic (exact) mass is 328 g/mol. The van der Waals surface area contributed by atoms with Crippen LogP contribution >= 0.6 is 12.2 Å². The van der Waals surface area contributed by atoms with E-state index in [0.717, 1.165) is 48.3 Å². The van der Waals surface area contributed by atoms with E-state index in [4.69, 9.17) is 18.6 Å². The molecule has 0 aliphatic heterocycles. The van der Waals surface area contributed by atoms with Gasteiger partial charge in [-0.3, -0.25) is 0 Å². The van der Waals surface area contributed by atoms with Crippen LogP contribution in [0.2, 0.25) is 0 Å². The molecule has 0 aromatic rings. The van der Waals surface area contributed by atoms with Crippen molar-refractivity contribution in [2.75, 3.05) is 0 Å². The summed E-state index contributed by atoms with van der Waals surface area (Å²) < 4.78 is 0. The van der Waals surface area contributed by atoms with Gasteiger partial charge in [-0.15, -0.1) is 6.42 Å². The third kappa shape index (κ3) is 2.06. The Kier molecular flexibility index (Phi) is 3.56. The molecular weight excluding hydrogens is 300 g/mol. The molecule has 4 rings (SSSR count). The summed E-state index contributed by atoms with van der Waals surface area (Å²) in [6.45, 7) is 4.69. The van der Waals surface area contributed by atoms with Crippen molar-refractivity contribution in [1.82, 2.24) is 0 Å². The molecule has 0 spiro atoms. The van der Waals surface area contributed by atoms with Crippen molar-refractivity contribution in [3.05, 3.63) is 11.6 Å². The highest BCUT2D eigenvalue weighted by Gasteiger charge is 2.62. The maximum atomic E-state index is 11.0. The van der Waals surface area contributed by atoms with E-state index in [1.165, 1.54) is 19.3 Å². The summed E-state index contributed by atoms with van der Waals surface area (Å²) in [6, 6.07) is 0. The van der Waals surface area contributed by atoms with Gasteiger partial charge in [-0.2, -0.15) is 0 Å². The lowest BCUT2D eigenvalue weighted by molar-refractivity contribution is -0.0975. The zero-order valence-corrected chi connectivity index (χ0v) is 15.2. The molecule has 0 amide bonds. The molecule has 1 N–H and O–H groups in total. The van der Waals surface area contributed by atoms with Crippen LogP contribution in [-0.4, -0.2) is 15.6 Å². The van der Waals surface area contributed by atoms with Gasteiger partial charge in [0, 0.05) is 10.3 Å². The molecule has 0 saturated heterocycles. The maximum absolute atomic E-state index is 11.0. The normalized spacial score (nSPS) is 52.0. The second kappa shape index (κ2) is 5.17. The van der Waals surface area contributed by atoms with Gasteiger partial charge in [0.15, 0.2) is 0 Å². The quantitative estimate of drug-likeness (QED) is 0.520. The Morgan fingerprint density at radius 2 is 2.09 bits per heavy atom. The van der Waals surface area contributed by atoms with Crippen molar-refractivity contribution in [2.24, 2.45) is 35.0 Å². The molecule has 23 heavy (non-hydrogen) atoms. The van der Waals surface area contributed by atoms with E-state index in [9.17, 15) is 5.11 Å². The lowest BCUT2D eigenvalue weighted by Gasteiger charge is -2.57. The van der Waals surface area contributed by atoms with Gasteiger partial charge < -0.3 is 5.11 Å². The number of rotatable bonds is 0. The van der Waals surface area contributed by atoms with E-state index in [1.54, 1.807) is 5.57 Å². The minimum absolute atomic E-state index is 0.0810. The van der Waals surface area contributed by atoms with Crippen molar-refractivity contribution in [2.45, 2.75) is 64.4 Å². The average molecular weight is 329 g/mol. The molecule has 1 nitrogen and oxygen atoms in total. The molecule has 7 atom stereocenters. The summed E-state index contributed by atoms with van der Waals surface area (Å²) in [5, 5.41) is 11.0. The molecule has 0 bridgehead atoms. The molecule has 4 aliphatic rings. The minimum atomic E-state index is -0.882. The average Bonchev–Trinajstić information content (AvgIpc) is 2.79. The van der Waals surface area contributed by atoms with E-state index in [1.807, 2.05) is 0 Å². The smallest absolute Gasteiger partial charge is 0.130 e. The third-order valence-electron chi connectivity index (χ3n) is 8.03. The third-order valence-corrected chi connectivity index (χ3v) is 8.35. The maximum Gasteiger partial charge on any atom is 0.130 e. The fourth-order valence-corrected chi connectivity index (χ4v) is 7.11. The van der Waals surface area contributed by atoms with Crippen LogP contribution in [-0.2, 0) is 0 Å². The first-order valence-electron chi connectivity index (χ1n) is 9.33. The Labute approximate surface area is 145 Å². The summed E-state index contributed by atoms with van der Waals surface area (Å²) in [4.78, 5) is 1.16. The van der Waals surface area contributed by atoms with Crippen LogP contribution in [0, 0.1) is 47.3 Å². The highest BCUT2D eigenvalue weighted by Crippen LogP contribution is 2.65. The molecule has 0 aromatic heterocycles. The summed E-state index contributed by atoms with van der Waals surface area (Å²) in [6.07, 6.45) is 15.8. The zero-order valence-electron chi connectivity index (χ0n) is 14.3. The first kappa shape index (κ1) is 15.9. The van der Waals surface area contributed by atoms with Gasteiger partial charge in [-0.25, -0.2) is 0 Å². The van der Waals surface area contributed by atoms with Gasteiger partial charge in [0.05, 0.1) is 0 Å². The van der Waals surface area contributed by atoms with Crippen LogP contribution in [0.5, 0.6) is 0 Å². The highest BCUT2D eigenvalue weighted by atomic mass is 32.1. The number of allylic oxidation sites excluding steroid dienone is 2. The second-order valence-electron chi connectivity index (χ2n) is 8.86. The van der Waals surface area contributed by atoms with Crippen LogP contribution in [0.1, 0.15) is 58.8 Å². The molecule has 124 valence electrons. The predicted molar refractivity (Wildman–Crippen MR) is 98.0 cm³/mol. The molecular formula is C21H28OS. The number of hydrogen-bond acceptors (Lipinski definition) is 2. The van der Waals surface area contributed by atoms with Crippen molar-refractivity contribution < 1.29 is 5.11 Å². The standard InChI is InChI=1S/C21H28OS/c1-4-21(22)10-8-18-19-13(2)11-14-12-15(23)5-6-16(14)17(19)7-9-20(18,21)3/h1,12-13,16-19,22H,5-11H2,2-3H3/t13?,16?,17?,18?,19?,20-,21-/m0/s1. The van der Waals surface area contributed by atoms with Crippen molar-refractivity contribution >= 4 is 17.1 Å². The first-order chi connectivity index (χ1) is 10.9. The SMILES string of the molecule is C#C[C@]1(O)CCC2C3C(C)CC4=CC(=S)CCC4C3CC[C@@]21C. The lowest BCUT2D eigenvalue weighted by atomic mass is 9.48. The Balaban J connectivity index is 1.70. The van der Waals surface area contributed by atoms with Crippen molar-refractivity contribution in [3.63, 3.8) is 0 Å². The van der Waals surface area contributed by atoms with E-state index >= 15 is 0 Å². The number of terminal acetylenes is 1. The minimum Gasteiger partial charge on any atom is -0.377 e. The lowest BCUT2D eigenvalue weighted by Crippen LogP contribution is -2.53. The fourth-order valence-electron chi connectivity index (χ4n) is 6.84. The van der Waals surface area contributed by atoms with Crippen molar-refractivity contribution in [3.8, 4) is 12.3 Å². The highest BCUT2D eigenvalue weighted by molar-refractivity contribution is 7.80. The van der Waals surface area contributed by atoms with Gasteiger partial charge >= 0.3 is 0 Å². The Bertz CT molecular complexity index is 614. The number of fused-ring (bicyclic) bond motifs is 5. The van der Waals surface area contributed by atoms with E-state index in [2.05, 4.69) is 25.8 Å². The summed E-state index contributed by atoms with van der Waals surface area (Å²) >= 11 is 5.47. The number of thiocarbonyl (C=S) groups is 1. The Hall–Kier alpha value is -0.650. The largest absolute Gasteiger partial charge is 0.377 e. The predicted octanol–water partition coefficient (Wildman–Crippen LogP) is 4.54. The number of hydrogen-bond donors (Lipinski definition) is 1. The molecule has 3 saturated carbocycles. The molecule has 0 radical (unpaired) electrons. The van der Waals surface area contributed by atoms with Crippen LogP contribution < -0.4 is 0 Å². The summed E-state index contributed by atoms with van der Waals surface area (Å²) in [7, 11) is 0. The Morgan fingerprint density at radius 1 is 1.30 bits per heavy atom. The molecule has 4 aliphatic carbocycles. The summed E-state index contributed by atoms with van der Waals surface area (Å²) in [5.41, 5.74) is 0.665. The van der Waals surface area contributed by atoms with E-state index in [0.29, 0.717) is 11.8 Å². The van der Waals surface area contributed by atoms with E-state index in [-0.39, 0.29) is 5.41 Å². The van der Waals surface area contributed by atoms with Gasteiger partial charge in [0.1, 0.15) is 5.60 Å². The van der Waals surface area contributed by atoms with Crippen molar-refractivity contribution in [1.29, 1.82) is 0 Å². The van der Waals surface area contributed by atoms with Gasteiger partial charge in [-0.05, 0) is 80.6 Å². The molecule has 2 heteroatoms.